The zero-order valence-corrected chi connectivity index (χ0v) is 16.9. The van der Waals surface area contributed by atoms with Gasteiger partial charge in [0, 0.05) is 31.1 Å². The molecule has 0 aliphatic carbocycles. The van der Waals surface area contributed by atoms with E-state index in [1.54, 1.807) is 7.11 Å². The molecule has 0 saturated carbocycles. The molecule has 1 aliphatic heterocycles. The standard InChI is InChI=1S/C21H31N3O4/c1-24(2)14-18-11-16(23-28-18)10-17-8-9-19(25)21(27-17)13-22-12-15-6-4-5-7-20(15)26-3/h4-7,11,17,19,21-22,25H,8-10,12-14H2,1-3H3/t17-,19-,21+/m0/s1. The van der Waals surface area contributed by atoms with E-state index in [2.05, 4.69) is 10.5 Å². The van der Waals surface area contributed by atoms with Gasteiger partial charge in [0.25, 0.3) is 0 Å². The van der Waals surface area contributed by atoms with Crippen molar-refractivity contribution in [2.24, 2.45) is 0 Å². The van der Waals surface area contributed by atoms with Crippen molar-refractivity contribution >= 4 is 0 Å². The van der Waals surface area contributed by atoms with Crippen molar-refractivity contribution in [2.75, 3.05) is 27.7 Å². The van der Waals surface area contributed by atoms with Crippen LogP contribution >= 0.6 is 0 Å². The Kier molecular flexibility index (Phi) is 7.44. The van der Waals surface area contributed by atoms with E-state index in [1.807, 2.05) is 49.3 Å². The van der Waals surface area contributed by atoms with Gasteiger partial charge in [-0.1, -0.05) is 23.4 Å². The van der Waals surface area contributed by atoms with Crippen molar-refractivity contribution < 1.29 is 19.1 Å². The van der Waals surface area contributed by atoms with Crippen molar-refractivity contribution in [3.05, 3.63) is 47.3 Å². The van der Waals surface area contributed by atoms with Crippen LogP contribution in [0.25, 0.3) is 0 Å². The number of methoxy groups -OCH3 is 1. The average Bonchev–Trinajstić information content (AvgIpc) is 3.10. The van der Waals surface area contributed by atoms with Crippen LogP contribution < -0.4 is 10.1 Å². The summed E-state index contributed by atoms with van der Waals surface area (Å²) in [7, 11) is 5.66. The van der Waals surface area contributed by atoms with Crippen LogP contribution in [0.15, 0.2) is 34.9 Å². The van der Waals surface area contributed by atoms with Gasteiger partial charge in [-0.25, -0.2) is 0 Å². The first-order valence-corrected chi connectivity index (χ1v) is 9.80. The summed E-state index contributed by atoms with van der Waals surface area (Å²) in [4.78, 5) is 2.04. The molecule has 0 spiro atoms. The maximum atomic E-state index is 10.3. The van der Waals surface area contributed by atoms with Crippen molar-refractivity contribution in [1.29, 1.82) is 0 Å². The van der Waals surface area contributed by atoms with Crippen LogP contribution in [0, 0.1) is 0 Å². The Morgan fingerprint density at radius 1 is 1.29 bits per heavy atom. The Morgan fingerprint density at radius 2 is 2.11 bits per heavy atom. The van der Waals surface area contributed by atoms with Crippen LogP contribution in [0.4, 0.5) is 0 Å². The maximum absolute atomic E-state index is 10.3. The second kappa shape index (κ2) is 10.0. The molecule has 7 nitrogen and oxygen atoms in total. The monoisotopic (exact) mass is 389 g/mol. The lowest BCUT2D eigenvalue weighted by Gasteiger charge is -2.34. The van der Waals surface area contributed by atoms with E-state index < -0.39 is 6.10 Å². The SMILES string of the molecule is COc1ccccc1CNC[C@H]1O[C@H](Cc2cc(CN(C)C)on2)CC[C@@H]1O. The van der Waals surface area contributed by atoms with Gasteiger partial charge in [0.2, 0.25) is 0 Å². The van der Waals surface area contributed by atoms with E-state index in [0.717, 1.165) is 42.2 Å². The molecule has 7 heteroatoms. The second-order valence-corrected chi connectivity index (χ2v) is 7.61. The maximum Gasteiger partial charge on any atom is 0.150 e. The van der Waals surface area contributed by atoms with E-state index >= 15 is 0 Å². The molecule has 1 fully saturated rings. The Morgan fingerprint density at radius 3 is 2.89 bits per heavy atom. The molecule has 2 N–H and O–H groups in total. The van der Waals surface area contributed by atoms with Crippen molar-refractivity contribution in [1.82, 2.24) is 15.4 Å². The highest BCUT2D eigenvalue weighted by Crippen LogP contribution is 2.23. The number of aromatic nitrogens is 1. The summed E-state index contributed by atoms with van der Waals surface area (Å²) in [5.74, 6) is 1.71. The van der Waals surface area contributed by atoms with Gasteiger partial charge in [-0.05, 0) is 33.0 Å². The zero-order chi connectivity index (χ0) is 19.9. The molecule has 0 radical (unpaired) electrons. The highest BCUT2D eigenvalue weighted by molar-refractivity contribution is 5.32. The molecular weight excluding hydrogens is 358 g/mol. The van der Waals surface area contributed by atoms with Gasteiger partial charge >= 0.3 is 0 Å². The van der Waals surface area contributed by atoms with Crippen molar-refractivity contribution in [2.45, 2.75) is 50.7 Å². The summed E-state index contributed by atoms with van der Waals surface area (Å²) in [5, 5.41) is 17.9. The van der Waals surface area contributed by atoms with E-state index in [1.165, 1.54) is 0 Å². The van der Waals surface area contributed by atoms with Crippen LogP contribution in [0.3, 0.4) is 0 Å². The Bertz CT molecular complexity index is 734. The zero-order valence-electron chi connectivity index (χ0n) is 16.9. The highest BCUT2D eigenvalue weighted by atomic mass is 16.5. The molecule has 154 valence electrons. The summed E-state index contributed by atoms with van der Waals surface area (Å²) < 4.78 is 16.9. The lowest BCUT2D eigenvalue weighted by Crippen LogP contribution is -2.45. The highest BCUT2D eigenvalue weighted by Gasteiger charge is 2.30. The fraction of sp³-hybridized carbons (Fsp3) is 0.571. The molecule has 0 bridgehead atoms. The summed E-state index contributed by atoms with van der Waals surface area (Å²) in [6.45, 7) is 1.98. The Balaban J connectivity index is 1.49. The third kappa shape index (κ3) is 5.78. The van der Waals surface area contributed by atoms with E-state index in [9.17, 15) is 5.11 Å². The largest absolute Gasteiger partial charge is 0.496 e. The van der Waals surface area contributed by atoms with Crippen LogP contribution in [0.1, 0.15) is 29.9 Å². The number of benzene rings is 1. The Hall–Kier alpha value is -1.93. The number of rotatable bonds is 9. The lowest BCUT2D eigenvalue weighted by molar-refractivity contribution is -0.115. The van der Waals surface area contributed by atoms with Crippen LogP contribution in [0.2, 0.25) is 0 Å². The number of aliphatic hydroxyl groups excluding tert-OH is 1. The molecule has 1 aromatic heterocycles. The van der Waals surface area contributed by atoms with Crippen LogP contribution in [0.5, 0.6) is 5.75 Å². The molecule has 0 unspecified atom stereocenters. The number of para-hydroxylation sites is 1. The molecule has 2 heterocycles. The van der Waals surface area contributed by atoms with E-state index in [4.69, 9.17) is 14.0 Å². The average molecular weight is 389 g/mol. The van der Waals surface area contributed by atoms with E-state index in [-0.39, 0.29) is 12.2 Å². The molecule has 28 heavy (non-hydrogen) atoms. The second-order valence-electron chi connectivity index (χ2n) is 7.61. The topological polar surface area (TPSA) is 80.0 Å². The number of aliphatic hydroxyl groups is 1. The van der Waals surface area contributed by atoms with Gasteiger partial charge in [-0.3, -0.25) is 0 Å². The molecule has 1 aliphatic rings. The first-order valence-electron chi connectivity index (χ1n) is 9.80. The molecule has 2 aromatic rings. The van der Waals surface area contributed by atoms with Gasteiger partial charge in [-0.15, -0.1) is 0 Å². The quantitative estimate of drug-likeness (QED) is 0.679. The van der Waals surface area contributed by atoms with Gasteiger partial charge in [-0.2, -0.15) is 0 Å². The summed E-state index contributed by atoms with van der Waals surface area (Å²) in [5.41, 5.74) is 1.99. The molecule has 1 saturated heterocycles. The summed E-state index contributed by atoms with van der Waals surface area (Å²) in [6.07, 6.45) is 1.60. The first-order chi connectivity index (χ1) is 13.5. The minimum absolute atomic E-state index is 0.0405. The molecule has 0 amide bonds. The first kappa shape index (κ1) is 20.8. The van der Waals surface area contributed by atoms with Crippen molar-refractivity contribution in [3.63, 3.8) is 0 Å². The molecular formula is C21H31N3O4. The number of hydrogen-bond acceptors (Lipinski definition) is 7. The summed E-state index contributed by atoms with van der Waals surface area (Å²) in [6, 6.07) is 9.91. The number of hydrogen-bond donors (Lipinski definition) is 2. The molecule has 3 atom stereocenters. The number of ether oxygens (including phenoxy) is 2. The third-order valence-electron chi connectivity index (χ3n) is 4.95. The lowest BCUT2D eigenvalue weighted by atomic mass is 9.98. The fourth-order valence-electron chi connectivity index (χ4n) is 3.55. The fourth-order valence-corrected chi connectivity index (χ4v) is 3.55. The number of nitrogens with zero attached hydrogens (tertiary/aromatic N) is 2. The van der Waals surface area contributed by atoms with Crippen molar-refractivity contribution in [3.8, 4) is 5.75 Å². The predicted octanol–water partition coefficient (Wildman–Crippen LogP) is 1.99. The Labute approximate surface area is 166 Å². The number of nitrogens with one attached hydrogen (secondary N) is 1. The molecule has 3 rings (SSSR count). The summed E-state index contributed by atoms with van der Waals surface area (Å²) >= 11 is 0. The smallest absolute Gasteiger partial charge is 0.150 e. The van der Waals surface area contributed by atoms with Crippen LogP contribution in [-0.2, 0) is 24.2 Å². The van der Waals surface area contributed by atoms with Crippen LogP contribution in [-0.4, -0.2) is 61.2 Å². The van der Waals surface area contributed by atoms with Gasteiger partial charge in [0.15, 0.2) is 5.76 Å². The van der Waals surface area contributed by atoms with Gasteiger partial charge < -0.3 is 29.3 Å². The minimum atomic E-state index is -0.456. The normalized spacial score (nSPS) is 22.5. The minimum Gasteiger partial charge on any atom is -0.496 e. The van der Waals surface area contributed by atoms with Gasteiger partial charge in [0.05, 0.1) is 37.7 Å². The van der Waals surface area contributed by atoms with E-state index in [0.29, 0.717) is 19.5 Å². The predicted molar refractivity (Wildman–Crippen MR) is 106 cm³/mol. The van der Waals surface area contributed by atoms with Gasteiger partial charge in [0.1, 0.15) is 5.75 Å². The third-order valence-corrected chi connectivity index (χ3v) is 4.95. The molecule has 1 aromatic carbocycles.